The first kappa shape index (κ1) is 24.4. The second-order valence-electron chi connectivity index (χ2n) is 10.4. The monoisotopic (exact) mass is 544 g/mol. The fraction of sp³-hybridized carbons (Fsp3) is 0.233. The molecule has 1 aliphatic heterocycles. The molecule has 0 saturated heterocycles. The Bertz CT molecular complexity index is 1880. The standard InChI is InChI=1S/C30H23F3N4O3/c1-16(27-35-29(38)40-36-27)26-21-8-6-17(10-18(21)15-39-25-11-20(31)7-9-22(25)26)14-37-24-5-3-2-4-23(24)34-28(37)19-12-30(32,33)13-19/h2-11,19H,12-15H2,1H3,(H,35,36,38)/b26-16+. The largest absolute Gasteiger partial charge is 0.488 e. The molecule has 1 saturated carbocycles. The van der Waals surface area contributed by atoms with E-state index in [4.69, 9.17) is 14.2 Å². The molecule has 0 atom stereocenters. The van der Waals surface area contributed by atoms with Crippen LogP contribution in [0.2, 0.25) is 0 Å². The van der Waals surface area contributed by atoms with Crippen molar-refractivity contribution in [2.75, 3.05) is 0 Å². The summed E-state index contributed by atoms with van der Waals surface area (Å²) in [6.45, 7) is 2.41. The summed E-state index contributed by atoms with van der Waals surface area (Å²) in [6, 6.07) is 17.9. The maximum absolute atomic E-state index is 14.2. The second kappa shape index (κ2) is 8.97. The number of ether oxygens (including phenoxy) is 1. The van der Waals surface area contributed by atoms with Crippen molar-refractivity contribution in [3.05, 3.63) is 111 Å². The molecule has 5 aromatic rings. The van der Waals surface area contributed by atoms with Crippen LogP contribution in [0.15, 0.2) is 70.0 Å². The molecule has 202 valence electrons. The van der Waals surface area contributed by atoms with Gasteiger partial charge in [-0.2, -0.15) is 0 Å². The number of allylic oxidation sites excluding steroid dienone is 1. The Morgan fingerprint density at radius 2 is 1.90 bits per heavy atom. The fourth-order valence-electron chi connectivity index (χ4n) is 5.74. The minimum Gasteiger partial charge on any atom is -0.488 e. The molecule has 0 amide bonds. The van der Waals surface area contributed by atoms with Gasteiger partial charge in [-0.15, -0.1) is 0 Å². The van der Waals surface area contributed by atoms with Gasteiger partial charge >= 0.3 is 5.76 Å². The number of aromatic nitrogens is 4. The Kier molecular flexibility index (Phi) is 5.48. The number of fused-ring (bicyclic) bond motifs is 3. The Balaban J connectivity index is 1.33. The zero-order valence-corrected chi connectivity index (χ0v) is 21.4. The van der Waals surface area contributed by atoms with Crippen molar-refractivity contribution < 1.29 is 22.4 Å². The van der Waals surface area contributed by atoms with Gasteiger partial charge in [0.15, 0.2) is 5.82 Å². The number of rotatable bonds is 4. The van der Waals surface area contributed by atoms with E-state index >= 15 is 0 Å². The van der Waals surface area contributed by atoms with Crippen molar-refractivity contribution >= 4 is 22.2 Å². The summed E-state index contributed by atoms with van der Waals surface area (Å²) >= 11 is 0. The van der Waals surface area contributed by atoms with E-state index in [0.717, 1.165) is 33.3 Å². The minimum absolute atomic E-state index is 0.179. The van der Waals surface area contributed by atoms with Crippen LogP contribution in [0.4, 0.5) is 13.2 Å². The Labute approximate surface area is 225 Å². The topological polar surface area (TPSA) is 85.9 Å². The molecule has 7 nitrogen and oxygen atoms in total. The van der Waals surface area contributed by atoms with Crippen LogP contribution in [-0.2, 0) is 13.2 Å². The molecule has 2 aromatic heterocycles. The van der Waals surface area contributed by atoms with Gasteiger partial charge < -0.3 is 9.30 Å². The van der Waals surface area contributed by atoms with Gasteiger partial charge in [0.25, 0.3) is 0 Å². The van der Waals surface area contributed by atoms with Crippen molar-refractivity contribution in [2.24, 2.45) is 0 Å². The second-order valence-corrected chi connectivity index (χ2v) is 10.4. The van der Waals surface area contributed by atoms with E-state index in [1.165, 1.54) is 12.1 Å². The average Bonchev–Trinajstić information content (AvgIpc) is 3.47. The first-order chi connectivity index (χ1) is 19.3. The molecule has 3 heterocycles. The van der Waals surface area contributed by atoms with Gasteiger partial charge in [-0.05, 0) is 59.5 Å². The third-order valence-electron chi connectivity index (χ3n) is 7.69. The van der Waals surface area contributed by atoms with Crippen LogP contribution in [0.25, 0.3) is 22.2 Å². The normalized spacial score (nSPS) is 17.5. The van der Waals surface area contributed by atoms with Crippen LogP contribution in [0, 0.1) is 5.82 Å². The van der Waals surface area contributed by atoms with E-state index in [1.807, 2.05) is 47.0 Å². The lowest BCUT2D eigenvalue weighted by Crippen LogP contribution is -2.35. The molecule has 0 unspecified atom stereocenters. The van der Waals surface area contributed by atoms with E-state index < -0.39 is 17.5 Å². The van der Waals surface area contributed by atoms with Crippen molar-refractivity contribution in [1.29, 1.82) is 0 Å². The van der Waals surface area contributed by atoms with Gasteiger partial charge in [0.2, 0.25) is 5.92 Å². The number of benzene rings is 3. The Morgan fingerprint density at radius 1 is 1.10 bits per heavy atom. The molecule has 1 fully saturated rings. The number of para-hydroxylation sites is 2. The smallest absolute Gasteiger partial charge is 0.439 e. The van der Waals surface area contributed by atoms with Crippen molar-refractivity contribution in [2.45, 2.75) is 44.8 Å². The van der Waals surface area contributed by atoms with Crippen molar-refractivity contribution in [3.8, 4) is 5.75 Å². The molecular weight excluding hydrogens is 521 g/mol. The number of nitrogens with zero attached hydrogens (tertiary/aromatic N) is 3. The van der Waals surface area contributed by atoms with Crippen LogP contribution in [-0.4, -0.2) is 25.6 Å². The summed E-state index contributed by atoms with van der Waals surface area (Å²) in [5, 5.41) is 3.85. The third kappa shape index (κ3) is 4.11. The van der Waals surface area contributed by atoms with Crippen LogP contribution in [0.5, 0.6) is 5.75 Å². The molecule has 3 aromatic carbocycles. The lowest BCUT2D eigenvalue weighted by Gasteiger charge is -2.34. The number of nitrogens with one attached hydrogen (secondary N) is 1. The number of hydrogen-bond donors (Lipinski definition) is 1. The van der Waals surface area contributed by atoms with Gasteiger partial charge in [-0.25, -0.2) is 22.9 Å². The summed E-state index contributed by atoms with van der Waals surface area (Å²) in [7, 11) is 0. The highest BCUT2D eigenvalue weighted by Crippen LogP contribution is 2.48. The number of H-pyrrole nitrogens is 1. The predicted molar refractivity (Wildman–Crippen MR) is 142 cm³/mol. The first-order valence-corrected chi connectivity index (χ1v) is 12.9. The summed E-state index contributed by atoms with van der Waals surface area (Å²) in [5.74, 6) is -2.78. The van der Waals surface area contributed by atoms with Gasteiger partial charge in [0.05, 0.1) is 11.0 Å². The number of aromatic amines is 1. The minimum atomic E-state index is -2.65. The fourth-order valence-corrected chi connectivity index (χ4v) is 5.74. The Morgan fingerprint density at radius 3 is 2.67 bits per heavy atom. The van der Waals surface area contributed by atoms with Crippen LogP contribution in [0.3, 0.4) is 0 Å². The maximum atomic E-state index is 14.2. The van der Waals surface area contributed by atoms with E-state index in [0.29, 0.717) is 29.3 Å². The molecule has 2 aliphatic rings. The van der Waals surface area contributed by atoms with E-state index in [9.17, 15) is 18.0 Å². The molecule has 0 spiro atoms. The molecule has 0 radical (unpaired) electrons. The highest BCUT2D eigenvalue weighted by atomic mass is 19.3. The number of imidazole rings is 1. The number of hydrogen-bond acceptors (Lipinski definition) is 5. The lowest BCUT2D eigenvalue weighted by molar-refractivity contribution is -0.0889. The highest BCUT2D eigenvalue weighted by molar-refractivity contribution is 5.99. The summed E-state index contributed by atoms with van der Waals surface area (Å²) in [5.41, 5.74) is 6.28. The molecule has 10 heteroatoms. The van der Waals surface area contributed by atoms with Crippen LogP contribution < -0.4 is 10.5 Å². The maximum Gasteiger partial charge on any atom is 0.439 e. The zero-order chi connectivity index (χ0) is 27.6. The molecule has 40 heavy (non-hydrogen) atoms. The SMILES string of the molecule is C/C(=C1/c2ccc(Cn3c(C4CC(F)(F)C4)nc4ccccc43)cc2COc2cc(F)ccc21)c1noc(=O)[nH]1. The van der Waals surface area contributed by atoms with Crippen LogP contribution >= 0.6 is 0 Å². The van der Waals surface area contributed by atoms with Crippen molar-refractivity contribution in [1.82, 2.24) is 19.7 Å². The van der Waals surface area contributed by atoms with E-state index in [1.54, 1.807) is 13.0 Å². The van der Waals surface area contributed by atoms with Gasteiger partial charge in [0.1, 0.15) is 24.0 Å². The summed E-state index contributed by atoms with van der Waals surface area (Å²) in [6.07, 6.45) is -0.415. The van der Waals surface area contributed by atoms with Gasteiger partial charge in [-0.3, -0.25) is 9.51 Å². The molecular formula is C30H23F3N4O3. The van der Waals surface area contributed by atoms with E-state index in [-0.39, 0.29) is 31.2 Å². The quantitative estimate of drug-likeness (QED) is 0.288. The number of halogens is 3. The molecule has 0 bridgehead atoms. The average molecular weight is 545 g/mol. The van der Waals surface area contributed by atoms with Crippen LogP contribution in [0.1, 0.15) is 59.6 Å². The Hall–Kier alpha value is -4.60. The van der Waals surface area contributed by atoms with E-state index in [2.05, 4.69) is 10.1 Å². The van der Waals surface area contributed by atoms with Gasteiger partial charge in [-0.1, -0.05) is 29.4 Å². The molecule has 7 rings (SSSR count). The number of alkyl halides is 2. The summed E-state index contributed by atoms with van der Waals surface area (Å²) in [4.78, 5) is 19.0. The highest BCUT2D eigenvalue weighted by Gasteiger charge is 2.48. The molecule has 1 N–H and O–H groups in total. The predicted octanol–water partition coefficient (Wildman–Crippen LogP) is 6.28. The zero-order valence-electron chi connectivity index (χ0n) is 21.4. The lowest BCUT2D eigenvalue weighted by atomic mass is 9.80. The van der Waals surface area contributed by atoms with Crippen molar-refractivity contribution in [3.63, 3.8) is 0 Å². The first-order valence-electron chi connectivity index (χ1n) is 12.9. The molecule has 1 aliphatic carbocycles. The third-order valence-corrected chi connectivity index (χ3v) is 7.69. The van der Waals surface area contributed by atoms with Gasteiger partial charge in [0, 0.05) is 42.5 Å². The summed E-state index contributed by atoms with van der Waals surface area (Å²) < 4.78 is 54.5.